The van der Waals surface area contributed by atoms with E-state index in [0.29, 0.717) is 6.42 Å². The van der Waals surface area contributed by atoms with E-state index < -0.39 is 6.09 Å². The molecule has 0 atom stereocenters. The highest BCUT2D eigenvalue weighted by Gasteiger charge is 2.02. The van der Waals surface area contributed by atoms with Gasteiger partial charge in [-0.2, -0.15) is 0 Å². The quantitative estimate of drug-likeness (QED) is 0.364. The van der Waals surface area contributed by atoms with E-state index in [0.717, 1.165) is 0 Å². The number of carbonyl (C=O) groups is 1. The Morgan fingerprint density at radius 1 is 1.25 bits per heavy atom. The summed E-state index contributed by atoms with van der Waals surface area (Å²) in [5, 5.41) is 32.2. The van der Waals surface area contributed by atoms with Crippen LogP contribution in [0.4, 0.5) is 4.79 Å². The topological polar surface area (TPSA) is 124 Å². The third kappa shape index (κ3) is 16.1. The molecule has 1 amide bonds. The molecule has 0 saturated heterocycles. The van der Waals surface area contributed by atoms with E-state index in [1.165, 1.54) is 0 Å². The van der Waals surface area contributed by atoms with Crippen LogP contribution < -0.4 is 5.73 Å². The minimum absolute atomic E-state index is 0.0335. The summed E-state index contributed by atoms with van der Waals surface area (Å²) in [5.74, 6) is -0.139. The summed E-state index contributed by atoms with van der Waals surface area (Å²) in [5.41, 5.74) is 4.03. The van der Waals surface area contributed by atoms with Crippen molar-refractivity contribution in [2.75, 3.05) is 19.8 Å². The fourth-order valence-electron chi connectivity index (χ4n) is 0.423. The summed E-state index contributed by atoms with van der Waals surface area (Å²) in [6.07, 6.45) is -0.854. The lowest BCUT2D eigenvalue weighted by molar-refractivity contribution is 0.124. The molecule has 0 fully saturated rings. The van der Waals surface area contributed by atoms with Gasteiger partial charge in [0.25, 0.3) is 0 Å². The van der Waals surface area contributed by atoms with Crippen LogP contribution >= 0.6 is 0 Å². The van der Waals surface area contributed by atoms with Gasteiger partial charge in [-0.15, -0.1) is 0 Å². The van der Waals surface area contributed by atoms with Crippen LogP contribution in [-0.2, 0) is 0 Å². The average Bonchev–Trinajstić information content (AvgIpc) is 1.99. The van der Waals surface area contributed by atoms with Gasteiger partial charge in [-0.1, -0.05) is 0 Å². The molecule has 6 N–H and O–H groups in total. The molecule has 0 saturated carbocycles. The summed E-state index contributed by atoms with van der Waals surface area (Å²) in [6, 6.07) is 0. The normalized spacial score (nSPS) is 9.00. The first-order valence-corrected chi connectivity index (χ1v) is 3.39. The molecule has 0 spiro atoms. The molecular weight excluding hydrogens is 166 g/mol. The maximum absolute atomic E-state index is 8.78. The second-order valence-corrected chi connectivity index (χ2v) is 2.08. The molecule has 0 aromatic carbocycles. The number of primary amides is 1. The maximum atomic E-state index is 8.78. The molecule has 6 heteroatoms. The second kappa shape index (κ2) is 10.2. The molecule has 0 rings (SSSR count). The number of aliphatic hydroxyl groups excluding tert-OH is 3. The van der Waals surface area contributed by atoms with Gasteiger partial charge in [0.15, 0.2) is 0 Å². The van der Waals surface area contributed by atoms with Crippen molar-refractivity contribution in [3.8, 4) is 0 Å². The zero-order valence-electron chi connectivity index (χ0n) is 6.68. The minimum Gasteiger partial charge on any atom is -0.465 e. The zero-order valence-corrected chi connectivity index (χ0v) is 6.68. The summed E-state index contributed by atoms with van der Waals surface area (Å²) < 4.78 is 0. The maximum Gasteiger partial charge on any atom is 0.402 e. The largest absolute Gasteiger partial charge is 0.465 e. The first kappa shape index (κ1) is 13.7. The number of rotatable bonds is 4. The standard InChI is InChI=1S/C5H12O3.CH3NO2/c6-2-1-5(3-7)4-8;2-1(3)4/h5-8H,1-4H2;2H2,(H,3,4). The molecule has 0 aliphatic heterocycles. The van der Waals surface area contributed by atoms with Gasteiger partial charge in [0.1, 0.15) is 0 Å². The van der Waals surface area contributed by atoms with Gasteiger partial charge >= 0.3 is 6.09 Å². The number of amides is 1. The fourth-order valence-corrected chi connectivity index (χ4v) is 0.423. The smallest absolute Gasteiger partial charge is 0.402 e. The molecule has 74 valence electrons. The second-order valence-electron chi connectivity index (χ2n) is 2.08. The first-order valence-electron chi connectivity index (χ1n) is 3.39. The van der Waals surface area contributed by atoms with Gasteiger partial charge in [0.05, 0.1) is 0 Å². The van der Waals surface area contributed by atoms with Crippen molar-refractivity contribution in [1.29, 1.82) is 0 Å². The summed E-state index contributed by atoms with van der Waals surface area (Å²) >= 11 is 0. The van der Waals surface area contributed by atoms with Crippen molar-refractivity contribution in [1.82, 2.24) is 0 Å². The van der Waals surface area contributed by atoms with Crippen LogP contribution in [-0.4, -0.2) is 46.3 Å². The molecule has 0 aromatic heterocycles. The van der Waals surface area contributed by atoms with Crippen LogP contribution in [0.2, 0.25) is 0 Å². The lowest BCUT2D eigenvalue weighted by Gasteiger charge is -2.06. The Bertz CT molecular complexity index is 100. The zero-order chi connectivity index (χ0) is 9.98. The number of hydrogen-bond acceptors (Lipinski definition) is 4. The highest BCUT2D eigenvalue weighted by molar-refractivity contribution is 5.61. The lowest BCUT2D eigenvalue weighted by atomic mass is 10.1. The van der Waals surface area contributed by atoms with E-state index in [1.54, 1.807) is 0 Å². The number of aliphatic hydroxyl groups is 3. The van der Waals surface area contributed by atoms with Crippen LogP contribution in [0.25, 0.3) is 0 Å². The number of nitrogens with two attached hydrogens (primary N) is 1. The third-order valence-electron chi connectivity index (χ3n) is 1.05. The minimum atomic E-state index is -1.33. The van der Waals surface area contributed by atoms with E-state index in [1.807, 2.05) is 0 Å². The van der Waals surface area contributed by atoms with E-state index >= 15 is 0 Å². The average molecular weight is 181 g/mol. The molecule has 0 radical (unpaired) electrons. The van der Waals surface area contributed by atoms with Gasteiger partial charge in [-0.25, -0.2) is 4.79 Å². The molecule has 0 heterocycles. The first-order chi connectivity index (χ1) is 5.58. The molecule has 0 aliphatic carbocycles. The lowest BCUT2D eigenvalue weighted by Crippen LogP contribution is -2.12. The van der Waals surface area contributed by atoms with Gasteiger partial charge in [0.2, 0.25) is 0 Å². The Morgan fingerprint density at radius 3 is 1.67 bits per heavy atom. The van der Waals surface area contributed by atoms with E-state index in [4.69, 9.17) is 25.2 Å². The van der Waals surface area contributed by atoms with Crippen LogP contribution in [0.5, 0.6) is 0 Å². The van der Waals surface area contributed by atoms with Crippen LogP contribution in [0.1, 0.15) is 6.42 Å². The summed E-state index contributed by atoms with van der Waals surface area (Å²) in [4.78, 5) is 8.78. The molecule has 0 aliphatic rings. The summed E-state index contributed by atoms with van der Waals surface area (Å²) in [7, 11) is 0. The van der Waals surface area contributed by atoms with Gasteiger partial charge in [0, 0.05) is 25.7 Å². The van der Waals surface area contributed by atoms with E-state index in [2.05, 4.69) is 5.73 Å². The van der Waals surface area contributed by atoms with Crippen LogP contribution in [0.15, 0.2) is 0 Å². The molecule has 12 heavy (non-hydrogen) atoms. The molecule has 0 aromatic rings. The monoisotopic (exact) mass is 181 g/mol. The summed E-state index contributed by atoms with van der Waals surface area (Å²) in [6.45, 7) is -0.0556. The number of hydrogen-bond donors (Lipinski definition) is 5. The van der Waals surface area contributed by atoms with E-state index in [9.17, 15) is 0 Å². The fraction of sp³-hybridized carbons (Fsp3) is 0.833. The molecular formula is C6H15NO5. The van der Waals surface area contributed by atoms with Crippen molar-refractivity contribution in [2.24, 2.45) is 11.7 Å². The van der Waals surface area contributed by atoms with Gasteiger partial charge in [-0.3, -0.25) is 0 Å². The molecule has 0 bridgehead atoms. The van der Waals surface area contributed by atoms with Crippen molar-refractivity contribution < 1.29 is 25.2 Å². The Balaban J connectivity index is 0. The van der Waals surface area contributed by atoms with Crippen molar-refractivity contribution in [3.63, 3.8) is 0 Å². The molecule has 0 unspecified atom stereocenters. The van der Waals surface area contributed by atoms with Crippen molar-refractivity contribution >= 4 is 6.09 Å². The van der Waals surface area contributed by atoms with Gasteiger partial charge in [-0.05, 0) is 6.42 Å². The highest BCUT2D eigenvalue weighted by atomic mass is 16.4. The third-order valence-corrected chi connectivity index (χ3v) is 1.05. The molecule has 6 nitrogen and oxygen atoms in total. The van der Waals surface area contributed by atoms with E-state index in [-0.39, 0.29) is 25.7 Å². The predicted octanol–water partition coefficient (Wildman–Crippen LogP) is -1.41. The Hall–Kier alpha value is -0.850. The number of carboxylic acid groups (broad SMARTS) is 1. The SMILES string of the molecule is NC(=O)O.OCCC(CO)CO. The highest BCUT2D eigenvalue weighted by Crippen LogP contribution is 1.97. The van der Waals surface area contributed by atoms with Gasteiger partial charge < -0.3 is 26.2 Å². The van der Waals surface area contributed by atoms with Crippen molar-refractivity contribution in [2.45, 2.75) is 6.42 Å². The Morgan fingerprint density at radius 2 is 1.58 bits per heavy atom. The van der Waals surface area contributed by atoms with Crippen molar-refractivity contribution in [3.05, 3.63) is 0 Å². The van der Waals surface area contributed by atoms with Crippen LogP contribution in [0, 0.1) is 5.92 Å². The predicted molar refractivity (Wildman–Crippen MR) is 41.6 cm³/mol. The van der Waals surface area contributed by atoms with Crippen LogP contribution in [0.3, 0.4) is 0 Å². The Labute approximate surface area is 70.2 Å². The Kier molecular flexibility index (Phi) is 11.6.